The van der Waals surface area contributed by atoms with Crippen LogP contribution in [0.25, 0.3) is 0 Å². The largest absolute Gasteiger partial charge is 0.370 e. The van der Waals surface area contributed by atoms with E-state index in [2.05, 4.69) is 5.32 Å². The van der Waals surface area contributed by atoms with Gasteiger partial charge in [0, 0.05) is 24.5 Å². The fourth-order valence-corrected chi connectivity index (χ4v) is 3.23. The average Bonchev–Trinajstić information content (AvgIpc) is 2.41. The molecule has 2 amide bonds. The monoisotopic (exact) mass is 386 g/mol. The predicted octanol–water partition coefficient (Wildman–Crippen LogP) is 1.76. The highest BCUT2D eigenvalue weighted by atomic mass is 32.2. The third-order valence-corrected chi connectivity index (χ3v) is 4.38. The van der Waals surface area contributed by atoms with Crippen molar-refractivity contribution in [3.8, 4) is 0 Å². The minimum absolute atomic E-state index is 0.110. The van der Waals surface area contributed by atoms with E-state index in [1.54, 1.807) is 0 Å². The van der Waals surface area contributed by atoms with Crippen LogP contribution in [0.2, 0.25) is 0 Å². The Kier molecular flexibility index (Phi) is 10.4. The quantitative estimate of drug-likeness (QED) is 0.522. The summed E-state index contributed by atoms with van der Waals surface area (Å²) in [6.45, 7) is 8.80. The van der Waals surface area contributed by atoms with Crippen molar-refractivity contribution in [1.29, 1.82) is 0 Å². The van der Waals surface area contributed by atoms with Crippen molar-refractivity contribution in [1.82, 2.24) is 5.32 Å². The molecule has 0 heterocycles. The number of primary amides is 1. The van der Waals surface area contributed by atoms with Crippen LogP contribution in [0.3, 0.4) is 0 Å². The van der Waals surface area contributed by atoms with E-state index in [9.17, 15) is 24.0 Å². The molecule has 0 aliphatic rings. The molecular weight excluding hydrogens is 356 g/mol. The molecule has 3 N–H and O–H groups in total. The van der Waals surface area contributed by atoms with Crippen molar-refractivity contribution < 1.29 is 24.0 Å². The Labute approximate surface area is 159 Å². The van der Waals surface area contributed by atoms with Gasteiger partial charge in [-0.1, -0.05) is 39.5 Å². The smallest absolute Gasteiger partial charge is 0.219 e. The molecule has 0 saturated carbocycles. The molecule has 0 rings (SSSR count). The lowest BCUT2D eigenvalue weighted by Gasteiger charge is -2.18. The zero-order chi connectivity index (χ0) is 20.5. The lowest BCUT2D eigenvalue weighted by Crippen LogP contribution is -2.42. The van der Waals surface area contributed by atoms with E-state index in [1.165, 1.54) is 6.92 Å². The summed E-state index contributed by atoms with van der Waals surface area (Å²) in [6, 6.07) is -0.937. The van der Waals surface area contributed by atoms with E-state index in [0.717, 1.165) is 11.8 Å². The second-order valence-electron chi connectivity index (χ2n) is 7.54. The van der Waals surface area contributed by atoms with Gasteiger partial charge in [0.15, 0.2) is 10.9 Å². The van der Waals surface area contributed by atoms with Crippen LogP contribution in [0.5, 0.6) is 0 Å². The summed E-state index contributed by atoms with van der Waals surface area (Å²) in [6.07, 6.45) is 0.435. The maximum Gasteiger partial charge on any atom is 0.219 e. The third-order valence-electron chi connectivity index (χ3n) is 3.40. The van der Waals surface area contributed by atoms with Gasteiger partial charge in [-0.05, 0) is 12.3 Å². The number of nitrogens with two attached hydrogens (primary N) is 1. The van der Waals surface area contributed by atoms with Crippen LogP contribution in [0.4, 0.5) is 0 Å². The molecule has 0 aromatic heterocycles. The summed E-state index contributed by atoms with van der Waals surface area (Å²) in [5.41, 5.74) is 5.11. The minimum Gasteiger partial charge on any atom is -0.370 e. The Hall–Kier alpha value is -1.70. The number of ketones is 2. The van der Waals surface area contributed by atoms with E-state index in [0.29, 0.717) is 6.42 Å². The molecular formula is C18H30N2O5S. The van der Waals surface area contributed by atoms with Gasteiger partial charge in [0.05, 0.1) is 18.9 Å². The number of amides is 2. The van der Waals surface area contributed by atoms with Crippen molar-refractivity contribution in [2.75, 3.05) is 0 Å². The molecule has 0 radical (unpaired) electrons. The van der Waals surface area contributed by atoms with Crippen LogP contribution < -0.4 is 11.1 Å². The molecule has 0 fully saturated rings. The van der Waals surface area contributed by atoms with E-state index in [-0.39, 0.29) is 53.0 Å². The number of rotatable bonds is 11. The molecule has 2 atom stereocenters. The molecule has 0 bridgehead atoms. The third kappa shape index (κ3) is 12.6. The van der Waals surface area contributed by atoms with Crippen LogP contribution in [0, 0.1) is 5.92 Å². The van der Waals surface area contributed by atoms with Crippen molar-refractivity contribution in [3.05, 3.63) is 0 Å². The Morgan fingerprint density at radius 1 is 1.08 bits per heavy atom. The number of thioether (sulfide) groups is 1. The molecule has 0 spiro atoms. The van der Waals surface area contributed by atoms with Gasteiger partial charge in [-0.15, -0.1) is 0 Å². The van der Waals surface area contributed by atoms with Gasteiger partial charge in [-0.3, -0.25) is 24.0 Å². The second kappa shape index (κ2) is 11.1. The number of hydrogen-bond acceptors (Lipinski definition) is 6. The number of nitrogens with one attached hydrogen (secondary N) is 1. The summed E-state index contributed by atoms with van der Waals surface area (Å²) in [7, 11) is 0. The first kappa shape index (κ1) is 24.3. The van der Waals surface area contributed by atoms with Crippen LogP contribution in [-0.2, 0) is 24.0 Å². The zero-order valence-electron chi connectivity index (χ0n) is 16.2. The summed E-state index contributed by atoms with van der Waals surface area (Å²) in [5, 5.41) is 2.27. The molecule has 26 heavy (non-hydrogen) atoms. The van der Waals surface area contributed by atoms with E-state index < -0.39 is 17.9 Å². The van der Waals surface area contributed by atoms with Crippen LogP contribution in [0.1, 0.15) is 66.7 Å². The van der Waals surface area contributed by atoms with Crippen molar-refractivity contribution >= 4 is 40.3 Å². The number of carbonyl (C=O) groups excluding carboxylic acids is 5. The highest BCUT2D eigenvalue weighted by Crippen LogP contribution is 2.25. The van der Waals surface area contributed by atoms with Crippen LogP contribution in [0.15, 0.2) is 0 Å². The van der Waals surface area contributed by atoms with Gasteiger partial charge >= 0.3 is 0 Å². The van der Waals surface area contributed by atoms with Crippen LogP contribution >= 0.6 is 11.8 Å². The van der Waals surface area contributed by atoms with Crippen molar-refractivity contribution in [3.63, 3.8) is 0 Å². The molecule has 148 valence electrons. The first-order valence-electron chi connectivity index (χ1n) is 8.61. The number of Topliss-reactive ketones (excluding diaryl/α,β-unsaturated/α-hetero) is 2. The fourth-order valence-electron chi connectivity index (χ4n) is 2.31. The van der Waals surface area contributed by atoms with Gasteiger partial charge in [-0.2, -0.15) is 0 Å². The lowest BCUT2D eigenvalue weighted by molar-refractivity contribution is -0.129. The highest BCUT2D eigenvalue weighted by molar-refractivity contribution is 8.14. The van der Waals surface area contributed by atoms with Crippen LogP contribution in [-0.4, -0.2) is 39.3 Å². The van der Waals surface area contributed by atoms with Gasteiger partial charge in [0.1, 0.15) is 5.78 Å². The molecule has 0 saturated heterocycles. The first-order chi connectivity index (χ1) is 11.8. The molecule has 0 aromatic carbocycles. The van der Waals surface area contributed by atoms with E-state index >= 15 is 0 Å². The average molecular weight is 387 g/mol. The maximum atomic E-state index is 12.2. The topological polar surface area (TPSA) is 123 Å². The molecule has 7 nitrogen and oxygen atoms in total. The number of hydrogen-bond donors (Lipinski definition) is 2. The Morgan fingerprint density at radius 3 is 2.12 bits per heavy atom. The number of carbonyl (C=O) groups is 5. The summed E-state index contributed by atoms with van der Waals surface area (Å²) in [5.74, 6) is -1.64. The fraction of sp³-hybridized carbons (Fsp3) is 0.722. The molecule has 0 aromatic rings. The second-order valence-corrected chi connectivity index (χ2v) is 9.42. The SMILES string of the molecule is CC(=O)N[C@H](CC(N)=O)C(=O)CC(C)CCC(=O)CC(=O)SC(C)(C)C. The Morgan fingerprint density at radius 2 is 1.65 bits per heavy atom. The lowest BCUT2D eigenvalue weighted by atomic mass is 9.93. The van der Waals surface area contributed by atoms with Gasteiger partial charge in [0.2, 0.25) is 11.8 Å². The van der Waals surface area contributed by atoms with E-state index in [1.807, 2.05) is 27.7 Å². The molecule has 8 heteroatoms. The summed E-state index contributed by atoms with van der Waals surface area (Å²) >= 11 is 1.15. The van der Waals surface area contributed by atoms with Crippen molar-refractivity contribution in [2.45, 2.75) is 77.5 Å². The standard InChI is InChI=1S/C18H30N2O5S/c1-11(6-7-13(22)9-17(25)26-18(3,4)5)8-15(23)14(10-16(19)24)20-12(2)21/h11,14H,6-10H2,1-5H3,(H2,19,24)(H,20,21)/t11?,14-/m1/s1. The summed E-state index contributed by atoms with van der Waals surface area (Å²) < 4.78 is -0.226. The van der Waals surface area contributed by atoms with Gasteiger partial charge in [0.25, 0.3) is 0 Å². The predicted molar refractivity (Wildman–Crippen MR) is 101 cm³/mol. The molecule has 1 unspecified atom stereocenters. The molecule has 0 aliphatic carbocycles. The highest BCUT2D eigenvalue weighted by Gasteiger charge is 2.24. The van der Waals surface area contributed by atoms with Crippen molar-refractivity contribution in [2.24, 2.45) is 11.7 Å². The Balaban J connectivity index is 4.41. The molecule has 0 aliphatic heterocycles. The normalized spacial score (nSPS) is 13.6. The van der Waals surface area contributed by atoms with Gasteiger partial charge < -0.3 is 11.1 Å². The first-order valence-corrected chi connectivity index (χ1v) is 9.43. The zero-order valence-corrected chi connectivity index (χ0v) is 17.0. The van der Waals surface area contributed by atoms with E-state index in [4.69, 9.17) is 5.73 Å². The van der Waals surface area contributed by atoms with Gasteiger partial charge in [-0.25, -0.2) is 0 Å². The summed E-state index contributed by atoms with van der Waals surface area (Å²) in [4.78, 5) is 58.1. The minimum atomic E-state index is -0.937. The Bertz CT molecular complexity index is 538. The maximum absolute atomic E-state index is 12.2.